The van der Waals surface area contributed by atoms with E-state index in [-0.39, 0.29) is 5.91 Å². The van der Waals surface area contributed by atoms with Crippen LogP contribution in [0.1, 0.15) is 13.8 Å². The van der Waals surface area contributed by atoms with Crippen molar-refractivity contribution in [3.63, 3.8) is 0 Å². The van der Waals surface area contributed by atoms with Crippen LogP contribution in [0, 0.1) is 0 Å². The Kier molecular flexibility index (Phi) is 6.35. The number of hydrogen-bond acceptors (Lipinski definition) is 3. The van der Waals surface area contributed by atoms with Crippen LogP contribution in [0.2, 0.25) is 10.0 Å². The van der Waals surface area contributed by atoms with Gasteiger partial charge in [0.05, 0.1) is 11.6 Å². The fraction of sp³-hybridized carbons (Fsp3) is 0.278. The van der Waals surface area contributed by atoms with E-state index >= 15 is 0 Å². The minimum atomic E-state index is -1.02. The zero-order valence-corrected chi connectivity index (χ0v) is 15.0. The highest BCUT2D eigenvalue weighted by molar-refractivity contribution is 6.32. The summed E-state index contributed by atoms with van der Waals surface area (Å²) >= 11 is 11.8. The lowest BCUT2D eigenvalue weighted by Crippen LogP contribution is -2.47. The summed E-state index contributed by atoms with van der Waals surface area (Å²) in [5, 5.41) is 3.94. The second-order valence-corrected chi connectivity index (χ2v) is 6.44. The number of carbonyl (C=O) groups excluding carboxylic acids is 1. The van der Waals surface area contributed by atoms with E-state index in [4.69, 9.17) is 32.7 Å². The molecule has 0 aliphatic heterocycles. The Morgan fingerprint density at radius 1 is 1.08 bits per heavy atom. The minimum Gasteiger partial charge on any atom is -0.490 e. The molecule has 0 fully saturated rings. The van der Waals surface area contributed by atoms with Crippen molar-refractivity contribution in [3.05, 3.63) is 58.6 Å². The molecule has 0 unspecified atom stereocenters. The Bertz CT molecular complexity index is 687. The number of benzene rings is 2. The van der Waals surface area contributed by atoms with Gasteiger partial charge in [-0.05, 0) is 50.2 Å². The van der Waals surface area contributed by atoms with Crippen molar-refractivity contribution in [1.82, 2.24) is 5.32 Å². The molecule has 1 N–H and O–H groups in total. The van der Waals surface area contributed by atoms with Crippen molar-refractivity contribution in [3.8, 4) is 11.5 Å². The fourth-order valence-corrected chi connectivity index (χ4v) is 2.26. The molecule has 0 aromatic heterocycles. The number of nitrogens with one attached hydrogen (secondary N) is 1. The third kappa shape index (κ3) is 5.32. The minimum absolute atomic E-state index is 0.236. The molecule has 2 aromatic rings. The zero-order valence-electron chi connectivity index (χ0n) is 13.5. The number of rotatable bonds is 7. The topological polar surface area (TPSA) is 47.6 Å². The van der Waals surface area contributed by atoms with Crippen molar-refractivity contribution < 1.29 is 14.3 Å². The largest absolute Gasteiger partial charge is 0.490 e. The van der Waals surface area contributed by atoms with E-state index in [1.54, 1.807) is 50.2 Å². The predicted molar refractivity (Wildman–Crippen MR) is 96.1 cm³/mol. The smallest absolute Gasteiger partial charge is 0.263 e. The van der Waals surface area contributed by atoms with Crippen LogP contribution in [-0.2, 0) is 4.79 Å². The van der Waals surface area contributed by atoms with Crippen molar-refractivity contribution in [2.24, 2.45) is 0 Å². The SMILES string of the molecule is CC(C)(Oc1ccc(Cl)cc1)C(=O)NCCOc1ccccc1Cl. The summed E-state index contributed by atoms with van der Waals surface area (Å²) in [6, 6.07) is 14.0. The summed E-state index contributed by atoms with van der Waals surface area (Å²) < 4.78 is 11.2. The first kappa shape index (κ1) is 18.4. The molecule has 0 saturated carbocycles. The highest BCUT2D eigenvalue weighted by Gasteiger charge is 2.29. The number of ether oxygens (including phenoxy) is 2. The summed E-state index contributed by atoms with van der Waals surface area (Å²) in [6.45, 7) is 4.06. The molecule has 1 amide bonds. The van der Waals surface area contributed by atoms with E-state index in [1.165, 1.54) is 0 Å². The van der Waals surface area contributed by atoms with Crippen molar-refractivity contribution in [2.75, 3.05) is 13.2 Å². The first-order chi connectivity index (χ1) is 11.4. The summed E-state index contributed by atoms with van der Waals surface area (Å²) in [5.41, 5.74) is -1.02. The lowest BCUT2D eigenvalue weighted by molar-refractivity contribution is -0.134. The number of amides is 1. The molecule has 2 rings (SSSR count). The second-order valence-electron chi connectivity index (χ2n) is 5.60. The van der Waals surface area contributed by atoms with Gasteiger partial charge in [0, 0.05) is 5.02 Å². The lowest BCUT2D eigenvalue weighted by Gasteiger charge is -2.25. The normalized spacial score (nSPS) is 11.0. The van der Waals surface area contributed by atoms with Gasteiger partial charge in [-0.2, -0.15) is 0 Å². The Hall–Kier alpha value is -1.91. The van der Waals surface area contributed by atoms with E-state index in [9.17, 15) is 4.79 Å². The summed E-state index contributed by atoms with van der Waals surface area (Å²) in [7, 11) is 0. The standard InChI is InChI=1S/C18H19Cl2NO3/c1-18(2,24-14-9-7-13(19)8-10-14)17(22)21-11-12-23-16-6-4-3-5-15(16)20/h3-10H,11-12H2,1-2H3,(H,21,22). The zero-order chi connectivity index (χ0) is 17.6. The van der Waals surface area contributed by atoms with Crippen molar-refractivity contribution >= 4 is 29.1 Å². The maximum absolute atomic E-state index is 12.3. The van der Waals surface area contributed by atoms with Gasteiger partial charge in [0.15, 0.2) is 5.60 Å². The van der Waals surface area contributed by atoms with E-state index < -0.39 is 5.60 Å². The first-order valence-corrected chi connectivity index (χ1v) is 8.24. The average molecular weight is 368 g/mol. The van der Waals surface area contributed by atoms with Gasteiger partial charge in [-0.3, -0.25) is 4.79 Å². The van der Waals surface area contributed by atoms with Crippen LogP contribution in [0.4, 0.5) is 0 Å². The monoisotopic (exact) mass is 367 g/mol. The molecule has 128 valence electrons. The van der Waals surface area contributed by atoms with Gasteiger partial charge in [-0.15, -0.1) is 0 Å². The summed E-state index contributed by atoms with van der Waals surface area (Å²) in [5.74, 6) is 0.928. The van der Waals surface area contributed by atoms with Gasteiger partial charge >= 0.3 is 0 Å². The molecule has 0 bridgehead atoms. The molecule has 2 aromatic carbocycles. The highest BCUT2D eigenvalue weighted by Crippen LogP contribution is 2.23. The highest BCUT2D eigenvalue weighted by atomic mass is 35.5. The van der Waals surface area contributed by atoms with Crippen LogP contribution < -0.4 is 14.8 Å². The molecule has 0 atom stereocenters. The molecule has 4 nitrogen and oxygen atoms in total. The van der Waals surface area contributed by atoms with Gasteiger partial charge in [-0.1, -0.05) is 35.3 Å². The lowest BCUT2D eigenvalue weighted by atomic mass is 10.1. The Balaban J connectivity index is 1.80. The third-order valence-electron chi connectivity index (χ3n) is 3.22. The summed E-state index contributed by atoms with van der Waals surface area (Å²) in [6.07, 6.45) is 0. The maximum atomic E-state index is 12.3. The molecule has 0 aliphatic rings. The molecule has 24 heavy (non-hydrogen) atoms. The summed E-state index contributed by atoms with van der Waals surface area (Å²) in [4.78, 5) is 12.3. The number of halogens is 2. The maximum Gasteiger partial charge on any atom is 0.263 e. The molecule has 0 aliphatic carbocycles. The van der Waals surface area contributed by atoms with E-state index in [2.05, 4.69) is 5.32 Å². The molecule has 0 saturated heterocycles. The third-order valence-corrected chi connectivity index (χ3v) is 3.78. The van der Waals surface area contributed by atoms with Crippen LogP contribution in [0.25, 0.3) is 0 Å². The second kappa shape index (κ2) is 8.27. The molecule has 0 heterocycles. The van der Waals surface area contributed by atoms with Crippen LogP contribution in [-0.4, -0.2) is 24.7 Å². The van der Waals surface area contributed by atoms with Crippen LogP contribution in [0.5, 0.6) is 11.5 Å². The Morgan fingerprint density at radius 2 is 1.75 bits per heavy atom. The number of carbonyl (C=O) groups is 1. The molecule has 0 radical (unpaired) electrons. The Morgan fingerprint density at radius 3 is 2.42 bits per heavy atom. The van der Waals surface area contributed by atoms with Gasteiger partial charge < -0.3 is 14.8 Å². The van der Waals surface area contributed by atoms with E-state index in [0.29, 0.717) is 34.7 Å². The predicted octanol–water partition coefficient (Wildman–Crippen LogP) is 4.35. The average Bonchev–Trinajstić information content (AvgIpc) is 2.55. The molecular formula is C18H19Cl2NO3. The van der Waals surface area contributed by atoms with Gasteiger partial charge in [0.1, 0.15) is 18.1 Å². The number of hydrogen-bond donors (Lipinski definition) is 1. The van der Waals surface area contributed by atoms with E-state index in [1.807, 2.05) is 12.1 Å². The van der Waals surface area contributed by atoms with Gasteiger partial charge in [-0.25, -0.2) is 0 Å². The molecular weight excluding hydrogens is 349 g/mol. The quantitative estimate of drug-likeness (QED) is 0.740. The van der Waals surface area contributed by atoms with Crippen molar-refractivity contribution in [1.29, 1.82) is 0 Å². The van der Waals surface area contributed by atoms with Crippen LogP contribution in [0.15, 0.2) is 48.5 Å². The van der Waals surface area contributed by atoms with Gasteiger partial charge in [0.25, 0.3) is 5.91 Å². The van der Waals surface area contributed by atoms with Crippen LogP contribution in [0.3, 0.4) is 0 Å². The Labute approximate surface area is 151 Å². The van der Waals surface area contributed by atoms with Crippen molar-refractivity contribution in [2.45, 2.75) is 19.4 Å². The number of para-hydroxylation sites is 1. The first-order valence-electron chi connectivity index (χ1n) is 7.49. The molecule has 0 spiro atoms. The van der Waals surface area contributed by atoms with Gasteiger partial charge in [0.2, 0.25) is 0 Å². The van der Waals surface area contributed by atoms with Crippen LogP contribution >= 0.6 is 23.2 Å². The molecule has 6 heteroatoms. The fourth-order valence-electron chi connectivity index (χ4n) is 1.94. The van der Waals surface area contributed by atoms with E-state index in [0.717, 1.165) is 0 Å².